The molecule has 0 aliphatic heterocycles. The summed E-state index contributed by atoms with van der Waals surface area (Å²) in [5.74, 6) is -0.400. The van der Waals surface area contributed by atoms with E-state index in [1.807, 2.05) is 6.07 Å². The van der Waals surface area contributed by atoms with Crippen LogP contribution in [0.25, 0.3) is 22.3 Å². The van der Waals surface area contributed by atoms with E-state index in [4.69, 9.17) is 0 Å². The number of carboxylic acid groups (broad SMARTS) is 1. The van der Waals surface area contributed by atoms with Crippen molar-refractivity contribution in [2.75, 3.05) is 0 Å². The van der Waals surface area contributed by atoms with Gasteiger partial charge in [-0.1, -0.05) is 0 Å². The normalized spacial score (nSPS) is 10.9. The molecule has 0 aromatic carbocycles. The van der Waals surface area contributed by atoms with Crippen molar-refractivity contribution in [2.45, 2.75) is 6.92 Å². The number of aryl methyl sites for hydroxylation is 2. The molecular weight excluding hydrogens is 256 g/mol. The highest BCUT2D eigenvalue weighted by molar-refractivity contribution is 6.07. The molecule has 0 aliphatic rings. The Kier molecular flexibility index (Phi) is 2.71. The lowest BCUT2D eigenvalue weighted by Crippen LogP contribution is -1.99. The molecular formula is C14H12N4O2. The van der Waals surface area contributed by atoms with Crippen LogP contribution in [-0.4, -0.2) is 30.6 Å². The lowest BCUT2D eigenvalue weighted by molar-refractivity contribution is 0.0699. The Balaban J connectivity index is 2.44. The van der Waals surface area contributed by atoms with Gasteiger partial charge >= 0.3 is 5.97 Å². The largest absolute Gasteiger partial charge is 0.478 e. The number of fused-ring (bicyclic) bond motifs is 1. The van der Waals surface area contributed by atoms with Crippen LogP contribution in [0.15, 0.2) is 30.7 Å². The summed E-state index contributed by atoms with van der Waals surface area (Å²) >= 11 is 0. The summed E-state index contributed by atoms with van der Waals surface area (Å²) in [5, 5.41) is 9.89. The van der Waals surface area contributed by atoms with Crippen LogP contribution >= 0.6 is 0 Å². The van der Waals surface area contributed by atoms with Crippen molar-refractivity contribution in [3.8, 4) is 11.3 Å². The average molecular weight is 268 g/mol. The van der Waals surface area contributed by atoms with Gasteiger partial charge < -0.3 is 9.67 Å². The van der Waals surface area contributed by atoms with E-state index in [9.17, 15) is 9.90 Å². The molecule has 3 rings (SSSR count). The number of aromatic carboxylic acids is 1. The van der Waals surface area contributed by atoms with Gasteiger partial charge in [-0.2, -0.15) is 0 Å². The number of hydrogen-bond donors (Lipinski definition) is 1. The van der Waals surface area contributed by atoms with Crippen molar-refractivity contribution in [3.05, 3.63) is 42.1 Å². The molecule has 0 saturated heterocycles. The molecule has 0 amide bonds. The SMILES string of the molecule is Cc1nc(-c2cccnc2)c2c(C(=O)O)cn(C)c2n1. The molecule has 100 valence electrons. The van der Waals surface area contributed by atoms with E-state index in [0.717, 1.165) is 5.56 Å². The van der Waals surface area contributed by atoms with Gasteiger partial charge in [0.1, 0.15) is 11.5 Å². The minimum atomic E-state index is -0.992. The lowest BCUT2D eigenvalue weighted by Gasteiger charge is -2.05. The molecule has 1 N–H and O–H groups in total. The van der Waals surface area contributed by atoms with E-state index >= 15 is 0 Å². The van der Waals surface area contributed by atoms with E-state index in [2.05, 4.69) is 15.0 Å². The van der Waals surface area contributed by atoms with E-state index in [1.54, 1.807) is 43.2 Å². The molecule has 3 aromatic heterocycles. The van der Waals surface area contributed by atoms with Crippen LogP contribution in [0.5, 0.6) is 0 Å². The van der Waals surface area contributed by atoms with Crippen LogP contribution in [0.4, 0.5) is 0 Å². The third-order valence-electron chi connectivity index (χ3n) is 3.09. The smallest absolute Gasteiger partial charge is 0.338 e. The fourth-order valence-electron chi connectivity index (χ4n) is 2.25. The fourth-order valence-corrected chi connectivity index (χ4v) is 2.25. The molecule has 3 heterocycles. The zero-order chi connectivity index (χ0) is 14.3. The van der Waals surface area contributed by atoms with Crippen LogP contribution < -0.4 is 0 Å². The van der Waals surface area contributed by atoms with Crippen molar-refractivity contribution in [2.24, 2.45) is 7.05 Å². The maximum absolute atomic E-state index is 11.4. The van der Waals surface area contributed by atoms with Gasteiger partial charge in [0, 0.05) is 31.2 Å². The monoisotopic (exact) mass is 268 g/mol. The van der Waals surface area contributed by atoms with Crippen LogP contribution in [0, 0.1) is 6.92 Å². The standard InChI is InChI=1S/C14H12N4O2/c1-8-16-12(9-4-3-5-15-6-9)11-10(14(19)20)7-18(2)13(11)17-8/h3-7H,1-2H3,(H,19,20). The van der Waals surface area contributed by atoms with Gasteiger partial charge in [0.25, 0.3) is 0 Å². The number of carbonyl (C=O) groups is 1. The Morgan fingerprint density at radius 2 is 2.15 bits per heavy atom. The minimum absolute atomic E-state index is 0.196. The Hall–Kier alpha value is -2.76. The summed E-state index contributed by atoms with van der Waals surface area (Å²) in [6.45, 7) is 1.78. The summed E-state index contributed by atoms with van der Waals surface area (Å²) in [6, 6.07) is 3.65. The summed E-state index contributed by atoms with van der Waals surface area (Å²) in [6.07, 6.45) is 4.89. The third-order valence-corrected chi connectivity index (χ3v) is 3.09. The summed E-state index contributed by atoms with van der Waals surface area (Å²) in [7, 11) is 1.77. The van der Waals surface area contributed by atoms with Crippen LogP contribution in [0.1, 0.15) is 16.2 Å². The molecule has 0 aliphatic carbocycles. The first-order valence-corrected chi connectivity index (χ1v) is 6.05. The minimum Gasteiger partial charge on any atom is -0.478 e. The van der Waals surface area contributed by atoms with Crippen molar-refractivity contribution >= 4 is 17.0 Å². The van der Waals surface area contributed by atoms with Crippen LogP contribution in [0.3, 0.4) is 0 Å². The first kappa shape index (κ1) is 12.3. The second-order valence-corrected chi connectivity index (χ2v) is 4.52. The van der Waals surface area contributed by atoms with Gasteiger partial charge in [-0.25, -0.2) is 14.8 Å². The number of carboxylic acids is 1. The van der Waals surface area contributed by atoms with Gasteiger partial charge in [0.15, 0.2) is 0 Å². The van der Waals surface area contributed by atoms with E-state index < -0.39 is 5.97 Å². The van der Waals surface area contributed by atoms with Gasteiger partial charge in [-0.15, -0.1) is 0 Å². The number of nitrogens with zero attached hydrogens (tertiary/aromatic N) is 4. The molecule has 6 nitrogen and oxygen atoms in total. The Bertz CT molecular complexity index is 809. The highest BCUT2D eigenvalue weighted by Crippen LogP contribution is 2.29. The summed E-state index contributed by atoms with van der Waals surface area (Å²) in [5.41, 5.74) is 2.17. The molecule has 0 unspecified atom stereocenters. The van der Waals surface area contributed by atoms with Gasteiger partial charge in [-0.05, 0) is 19.1 Å². The predicted molar refractivity (Wildman–Crippen MR) is 73.4 cm³/mol. The molecule has 0 fully saturated rings. The van der Waals surface area contributed by atoms with Crippen LogP contribution in [0.2, 0.25) is 0 Å². The molecule has 3 aromatic rings. The first-order chi connectivity index (χ1) is 9.58. The zero-order valence-corrected chi connectivity index (χ0v) is 11.0. The fraction of sp³-hybridized carbons (Fsp3) is 0.143. The lowest BCUT2D eigenvalue weighted by atomic mass is 10.1. The second kappa shape index (κ2) is 4.41. The molecule has 0 radical (unpaired) electrons. The molecule has 0 atom stereocenters. The Morgan fingerprint density at radius 1 is 1.35 bits per heavy atom. The topological polar surface area (TPSA) is 80.9 Å². The second-order valence-electron chi connectivity index (χ2n) is 4.52. The molecule has 20 heavy (non-hydrogen) atoms. The van der Waals surface area contributed by atoms with Gasteiger partial charge in [0.05, 0.1) is 16.6 Å². The maximum atomic E-state index is 11.4. The molecule has 0 bridgehead atoms. The number of hydrogen-bond acceptors (Lipinski definition) is 4. The van der Waals surface area contributed by atoms with Crippen molar-refractivity contribution in [1.82, 2.24) is 19.5 Å². The molecule has 0 spiro atoms. The van der Waals surface area contributed by atoms with E-state index in [-0.39, 0.29) is 5.56 Å². The first-order valence-electron chi connectivity index (χ1n) is 6.05. The number of pyridine rings is 1. The van der Waals surface area contributed by atoms with Crippen molar-refractivity contribution in [3.63, 3.8) is 0 Å². The number of rotatable bonds is 2. The maximum Gasteiger partial charge on any atom is 0.338 e. The predicted octanol–water partition coefficient (Wildman–Crippen LogP) is 2.04. The third kappa shape index (κ3) is 1.82. The summed E-state index contributed by atoms with van der Waals surface area (Å²) < 4.78 is 1.70. The molecule has 6 heteroatoms. The van der Waals surface area contributed by atoms with Gasteiger partial charge in [0.2, 0.25) is 0 Å². The van der Waals surface area contributed by atoms with Gasteiger partial charge in [-0.3, -0.25) is 4.98 Å². The van der Waals surface area contributed by atoms with E-state index in [1.165, 1.54) is 0 Å². The van der Waals surface area contributed by atoms with Crippen molar-refractivity contribution in [1.29, 1.82) is 0 Å². The molecule has 0 saturated carbocycles. The summed E-state index contributed by atoms with van der Waals surface area (Å²) in [4.78, 5) is 24.2. The van der Waals surface area contributed by atoms with Crippen LogP contribution in [-0.2, 0) is 7.05 Å². The number of aromatic nitrogens is 4. The quantitative estimate of drug-likeness (QED) is 0.769. The van der Waals surface area contributed by atoms with Crippen molar-refractivity contribution < 1.29 is 9.90 Å². The highest BCUT2D eigenvalue weighted by atomic mass is 16.4. The zero-order valence-electron chi connectivity index (χ0n) is 11.0. The Morgan fingerprint density at radius 3 is 2.80 bits per heavy atom. The van der Waals surface area contributed by atoms with E-state index in [0.29, 0.717) is 22.6 Å². The average Bonchev–Trinajstić information content (AvgIpc) is 2.77. The Labute approximate surface area is 114 Å². The highest BCUT2D eigenvalue weighted by Gasteiger charge is 2.19.